The summed E-state index contributed by atoms with van der Waals surface area (Å²) >= 11 is 3.39. The molecule has 3 heteroatoms. The number of hydrogen-bond donors (Lipinski definition) is 1. The number of aromatic nitrogens is 1. The normalized spacial score (nSPS) is 12.8. The molecule has 0 bridgehead atoms. The maximum atomic E-state index is 4.41. The van der Waals surface area contributed by atoms with Crippen LogP contribution in [-0.4, -0.2) is 11.5 Å². The Bertz CT molecular complexity index is 252. The van der Waals surface area contributed by atoms with Crippen molar-refractivity contribution in [3.05, 3.63) is 28.5 Å². The van der Waals surface area contributed by atoms with Crippen LogP contribution in [0.1, 0.15) is 38.4 Å². The molecular weight excluding hydrogens is 240 g/mol. The zero-order valence-corrected chi connectivity index (χ0v) is 10.3. The van der Waals surface area contributed by atoms with E-state index in [0.29, 0.717) is 6.04 Å². The molecule has 1 aromatic heterocycles. The van der Waals surface area contributed by atoms with Crippen molar-refractivity contribution in [1.82, 2.24) is 10.3 Å². The first kappa shape index (κ1) is 11.7. The van der Waals surface area contributed by atoms with E-state index in [0.717, 1.165) is 23.1 Å². The molecule has 1 N–H and O–H groups in total. The molecule has 0 fully saturated rings. The van der Waals surface area contributed by atoms with Crippen LogP contribution in [0.5, 0.6) is 0 Å². The molecule has 0 aromatic carbocycles. The van der Waals surface area contributed by atoms with Gasteiger partial charge in [-0.3, -0.25) is 4.98 Å². The fraction of sp³-hybridized carbons (Fsp3) is 0.545. The van der Waals surface area contributed by atoms with E-state index in [1.165, 1.54) is 6.42 Å². The highest BCUT2D eigenvalue weighted by molar-refractivity contribution is 9.10. The molecule has 0 amide bonds. The van der Waals surface area contributed by atoms with Crippen molar-refractivity contribution in [2.24, 2.45) is 0 Å². The molecule has 1 aromatic rings. The lowest BCUT2D eigenvalue weighted by atomic mass is 10.1. The second-order valence-electron chi connectivity index (χ2n) is 3.30. The maximum Gasteiger partial charge on any atom is 0.0574 e. The van der Waals surface area contributed by atoms with Crippen molar-refractivity contribution < 1.29 is 0 Å². The zero-order chi connectivity index (χ0) is 10.4. The van der Waals surface area contributed by atoms with Gasteiger partial charge in [-0.15, -0.1) is 0 Å². The fourth-order valence-corrected chi connectivity index (χ4v) is 1.72. The Balaban J connectivity index is 2.71. The van der Waals surface area contributed by atoms with Gasteiger partial charge in [-0.2, -0.15) is 0 Å². The van der Waals surface area contributed by atoms with Crippen molar-refractivity contribution in [3.8, 4) is 0 Å². The number of pyridine rings is 1. The molecule has 1 atom stereocenters. The van der Waals surface area contributed by atoms with Crippen LogP contribution >= 0.6 is 15.9 Å². The van der Waals surface area contributed by atoms with Gasteiger partial charge in [-0.05, 0) is 41.0 Å². The molecule has 0 aliphatic rings. The van der Waals surface area contributed by atoms with Gasteiger partial charge in [0, 0.05) is 16.7 Å². The Morgan fingerprint density at radius 1 is 1.43 bits per heavy atom. The van der Waals surface area contributed by atoms with Gasteiger partial charge in [0.25, 0.3) is 0 Å². The summed E-state index contributed by atoms with van der Waals surface area (Å²) in [5.41, 5.74) is 1.14. The Morgan fingerprint density at radius 3 is 2.71 bits per heavy atom. The highest BCUT2D eigenvalue weighted by atomic mass is 79.9. The molecule has 2 nitrogen and oxygen atoms in total. The monoisotopic (exact) mass is 256 g/mol. The smallest absolute Gasteiger partial charge is 0.0574 e. The molecular formula is C11H17BrN2. The number of hydrogen-bond acceptors (Lipinski definition) is 2. The standard InChI is InChI=1S/C11H17BrN2/c1-3-5-10(13-4-2)11-7-6-9(12)8-14-11/h6-8,10,13H,3-5H2,1-2H3. The van der Waals surface area contributed by atoms with E-state index in [9.17, 15) is 0 Å². The average molecular weight is 257 g/mol. The van der Waals surface area contributed by atoms with Crippen LogP contribution in [0.25, 0.3) is 0 Å². The summed E-state index contributed by atoms with van der Waals surface area (Å²) in [5.74, 6) is 0. The first-order chi connectivity index (χ1) is 6.77. The molecule has 1 unspecified atom stereocenters. The van der Waals surface area contributed by atoms with Gasteiger partial charge in [0.1, 0.15) is 0 Å². The summed E-state index contributed by atoms with van der Waals surface area (Å²) < 4.78 is 1.04. The van der Waals surface area contributed by atoms with E-state index in [1.54, 1.807) is 0 Å². The van der Waals surface area contributed by atoms with Crippen LogP contribution in [-0.2, 0) is 0 Å². The molecule has 14 heavy (non-hydrogen) atoms. The molecule has 0 saturated heterocycles. The van der Waals surface area contributed by atoms with E-state index in [4.69, 9.17) is 0 Å². The highest BCUT2D eigenvalue weighted by Crippen LogP contribution is 2.17. The second kappa shape index (κ2) is 6.14. The molecule has 78 valence electrons. The SMILES string of the molecule is CCCC(NCC)c1ccc(Br)cn1. The summed E-state index contributed by atoms with van der Waals surface area (Å²) in [6.07, 6.45) is 4.17. The van der Waals surface area contributed by atoms with Crippen molar-refractivity contribution in [3.63, 3.8) is 0 Å². The third-order valence-electron chi connectivity index (χ3n) is 2.14. The summed E-state index contributed by atoms with van der Waals surface area (Å²) in [6.45, 7) is 5.31. The van der Waals surface area contributed by atoms with Crippen molar-refractivity contribution in [1.29, 1.82) is 0 Å². The Kier molecular flexibility index (Phi) is 5.12. The van der Waals surface area contributed by atoms with Crippen molar-refractivity contribution >= 4 is 15.9 Å². The minimum Gasteiger partial charge on any atom is -0.309 e. The maximum absolute atomic E-state index is 4.41. The third kappa shape index (κ3) is 3.39. The van der Waals surface area contributed by atoms with Crippen LogP contribution in [0.2, 0.25) is 0 Å². The van der Waals surface area contributed by atoms with E-state index in [-0.39, 0.29) is 0 Å². The molecule has 1 rings (SSSR count). The van der Waals surface area contributed by atoms with E-state index in [2.05, 4.69) is 46.1 Å². The van der Waals surface area contributed by atoms with E-state index >= 15 is 0 Å². The van der Waals surface area contributed by atoms with Crippen LogP contribution in [0.3, 0.4) is 0 Å². The highest BCUT2D eigenvalue weighted by Gasteiger charge is 2.09. The van der Waals surface area contributed by atoms with Crippen LogP contribution in [0.15, 0.2) is 22.8 Å². The van der Waals surface area contributed by atoms with Gasteiger partial charge in [0.2, 0.25) is 0 Å². The largest absolute Gasteiger partial charge is 0.309 e. The Morgan fingerprint density at radius 2 is 2.21 bits per heavy atom. The molecule has 0 aliphatic heterocycles. The third-order valence-corrected chi connectivity index (χ3v) is 2.60. The Hall–Kier alpha value is -0.410. The van der Waals surface area contributed by atoms with Gasteiger partial charge >= 0.3 is 0 Å². The first-order valence-corrected chi connectivity index (χ1v) is 5.92. The number of nitrogens with one attached hydrogen (secondary N) is 1. The number of halogens is 1. The van der Waals surface area contributed by atoms with Crippen LogP contribution in [0.4, 0.5) is 0 Å². The van der Waals surface area contributed by atoms with Crippen molar-refractivity contribution in [2.45, 2.75) is 32.7 Å². The van der Waals surface area contributed by atoms with E-state index in [1.807, 2.05) is 12.3 Å². The lowest BCUT2D eigenvalue weighted by molar-refractivity contribution is 0.498. The second-order valence-corrected chi connectivity index (χ2v) is 4.22. The van der Waals surface area contributed by atoms with Gasteiger partial charge < -0.3 is 5.32 Å². The molecule has 0 aliphatic carbocycles. The van der Waals surface area contributed by atoms with Gasteiger partial charge in [-0.25, -0.2) is 0 Å². The molecule has 0 spiro atoms. The topological polar surface area (TPSA) is 24.9 Å². The van der Waals surface area contributed by atoms with Crippen molar-refractivity contribution in [2.75, 3.05) is 6.54 Å². The predicted molar refractivity (Wildman–Crippen MR) is 63.3 cm³/mol. The first-order valence-electron chi connectivity index (χ1n) is 5.12. The number of rotatable bonds is 5. The minimum absolute atomic E-state index is 0.401. The zero-order valence-electron chi connectivity index (χ0n) is 8.76. The summed E-state index contributed by atoms with van der Waals surface area (Å²) in [4.78, 5) is 4.41. The average Bonchev–Trinajstić information content (AvgIpc) is 2.19. The van der Waals surface area contributed by atoms with Crippen LogP contribution < -0.4 is 5.32 Å². The quantitative estimate of drug-likeness (QED) is 0.875. The van der Waals surface area contributed by atoms with E-state index < -0.39 is 0 Å². The minimum atomic E-state index is 0.401. The lowest BCUT2D eigenvalue weighted by Crippen LogP contribution is -2.21. The summed E-state index contributed by atoms with van der Waals surface area (Å²) in [7, 11) is 0. The summed E-state index contributed by atoms with van der Waals surface area (Å²) in [6, 6.07) is 4.52. The molecule has 0 saturated carbocycles. The van der Waals surface area contributed by atoms with Gasteiger partial charge in [-0.1, -0.05) is 20.3 Å². The Labute approximate surface area is 94.3 Å². The molecule has 0 radical (unpaired) electrons. The predicted octanol–water partition coefficient (Wildman–Crippen LogP) is 3.29. The summed E-state index contributed by atoms with van der Waals surface area (Å²) in [5, 5.41) is 3.44. The fourth-order valence-electron chi connectivity index (χ4n) is 1.48. The number of nitrogens with zero attached hydrogens (tertiary/aromatic N) is 1. The lowest BCUT2D eigenvalue weighted by Gasteiger charge is -2.16. The van der Waals surface area contributed by atoms with Gasteiger partial charge in [0.15, 0.2) is 0 Å². The van der Waals surface area contributed by atoms with Crippen LogP contribution in [0, 0.1) is 0 Å². The van der Waals surface area contributed by atoms with Gasteiger partial charge in [0.05, 0.1) is 5.69 Å². The molecule has 1 heterocycles.